The van der Waals surface area contributed by atoms with Gasteiger partial charge in [0.1, 0.15) is 6.10 Å². The molecular formula is C8H12O2. The first-order chi connectivity index (χ1) is 4.77. The highest BCUT2D eigenvalue weighted by Crippen LogP contribution is 2.24. The SMILES string of the molecule is C=C[C@@H]1CC(=O)O[C@H]1CC. The molecule has 0 N–H and O–H groups in total. The summed E-state index contributed by atoms with van der Waals surface area (Å²) in [5.74, 6) is 0.161. The predicted octanol–water partition coefficient (Wildman–Crippen LogP) is 1.51. The Hall–Kier alpha value is -0.790. The van der Waals surface area contributed by atoms with Crippen LogP contribution in [0.4, 0.5) is 0 Å². The van der Waals surface area contributed by atoms with E-state index in [1.807, 2.05) is 6.92 Å². The monoisotopic (exact) mass is 140 g/mol. The maximum absolute atomic E-state index is 10.7. The Morgan fingerprint density at radius 3 is 3.00 bits per heavy atom. The number of carbonyl (C=O) groups is 1. The molecule has 0 amide bonds. The van der Waals surface area contributed by atoms with Crippen LogP contribution in [0.15, 0.2) is 12.7 Å². The number of rotatable bonds is 2. The zero-order chi connectivity index (χ0) is 7.56. The normalized spacial score (nSPS) is 31.9. The molecule has 2 nitrogen and oxygen atoms in total. The molecule has 1 aliphatic heterocycles. The van der Waals surface area contributed by atoms with E-state index in [0.29, 0.717) is 6.42 Å². The number of hydrogen-bond donors (Lipinski definition) is 0. The quantitative estimate of drug-likeness (QED) is 0.429. The molecular weight excluding hydrogens is 128 g/mol. The molecule has 56 valence electrons. The van der Waals surface area contributed by atoms with Crippen LogP contribution < -0.4 is 0 Å². The Bertz CT molecular complexity index is 151. The van der Waals surface area contributed by atoms with Crippen LogP contribution >= 0.6 is 0 Å². The van der Waals surface area contributed by atoms with Gasteiger partial charge in [-0.1, -0.05) is 13.0 Å². The lowest BCUT2D eigenvalue weighted by atomic mass is 10.0. The first-order valence-corrected chi connectivity index (χ1v) is 3.60. The van der Waals surface area contributed by atoms with Crippen molar-refractivity contribution in [3.63, 3.8) is 0 Å². The number of esters is 1. The third-order valence-corrected chi connectivity index (χ3v) is 1.87. The Kier molecular flexibility index (Phi) is 2.10. The molecule has 0 aromatic rings. The van der Waals surface area contributed by atoms with Crippen molar-refractivity contribution in [1.82, 2.24) is 0 Å². The third kappa shape index (κ3) is 1.20. The molecule has 1 fully saturated rings. The van der Waals surface area contributed by atoms with E-state index in [2.05, 4.69) is 6.58 Å². The summed E-state index contributed by atoms with van der Waals surface area (Å²) in [7, 11) is 0. The van der Waals surface area contributed by atoms with Gasteiger partial charge in [-0.3, -0.25) is 4.79 Å². The van der Waals surface area contributed by atoms with Crippen molar-refractivity contribution in [3.8, 4) is 0 Å². The fourth-order valence-electron chi connectivity index (χ4n) is 1.25. The maximum Gasteiger partial charge on any atom is 0.306 e. The van der Waals surface area contributed by atoms with Crippen molar-refractivity contribution >= 4 is 5.97 Å². The lowest BCUT2D eigenvalue weighted by Gasteiger charge is -2.09. The molecule has 1 aliphatic rings. The zero-order valence-corrected chi connectivity index (χ0v) is 6.17. The second kappa shape index (κ2) is 2.86. The van der Waals surface area contributed by atoms with E-state index in [4.69, 9.17) is 4.74 Å². The summed E-state index contributed by atoms with van der Waals surface area (Å²) < 4.78 is 5.00. The summed E-state index contributed by atoms with van der Waals surface area (Å²) in [4.78, 5) is 10.7. The average molecular weight is 140 g/mol. The van der Waals surface area contributed by atoms with Gasteiger partial charge in [0, 0.05) is 5.92 Å². The molecule has 1 rings (SSSR count). The van der Waals surface area contributed by atoms with Crippen LogP contribution in [0.2, 0.25) is 0 Å². The molecule has 1 heterocycles. The van der Waals surface area contributed by atoms with Crippen molar-refractivity contribution < 1.29 is 9.53 Å². The van der Waals surface area contributed by atoms with Gasteiger partial charge < -0.3 is 4.74 Å². The third-order valence-electron chi connectivity index (χ3n) is 1.87. The van der Waals surface area contributed by atoms with E-state index in [1.54, 1.807) is 6.08 Å². The van der Waals surface area contributed by atoms with Gasteiger partial charge in [0.2, 0.25) is 0 Å². The molecule has 0 spiro atoms. The van der Waals surface area contributed by atoms with Crippen molar-refractivity contribution in [2.75, 3.05) is 0 Å². The van der Waals surface area contributed by atoms with E-state index in [9.17, 15) is 4.79 Å². The minimum absolute atomic E-state index is 0.0863. The van der Waals surface area contributed by atoms with Gasteiger partial charge in [0.05, 0.1) is 6.42 Å². The van der Waals surface area contributed by atoms with Crippen molar-refractivity contribution in [2.24, 2.45) is 5.92 Å². The summed E-state index contributed by atoms with van der Waals surface area (Å²) in [5, 5.41) is 0. The van der Waals surface area contributed by atoms with Crippen molar-refractivity contribution in [2.45, 2.75) is 25.9 Å². The highest BCUT2D eigenvalue weighted by Gasteiger charge is 2.30. The second-order valence-corrected chi connectivity index (χ2v) is 2.54. The summed E-state index contributed by atoms with van der Waals surface area (Å²) >= 11 is 0. The molecule has 2 atom stereocenters. The zero-order valence-electron chi connectivity index (χ0n) is 6.17. The Morgan fingerprint density at radius 2 is 2.60 bits per heavy atom. The number of ether oxygens (including phenoxy) is 1. The number of carbonyl (C=O) groups excluding carboxylic acids is 1. The Morgan fingerprint density at radius 1 is 1.90 bits per heavy atom. The highest BCUT2D eigenvalue weighted by atomic mass is 16.5. The van der Waals surface area contributed by atoms with Gasteiger partial charge >= 0.3 is 5.97 Å². The Labute approximate surface area is 60.9 Å². The van der Waals surface area contributed by atoms with Crippen molar-refractivity contribution in [3.05, 3.63) is 12.7 Å². The summed E-state index contributed by atoms with van der Waals surface area (Å²) in [6.07, 6.45) is 3.30. The summed E-state index contributed by atoms with van der Waals surface area (Å²) in [5.41, 5.74) is 0. The van der Waals surface area contributed by atoms with Gasteiger partial charge in [-0.15, -0.1) is 6.58 Å². The summed E-state index contributed by atoms with van der Waals surface area (Å²) in [6, 6.07) is 0. The molecule has 10 heavy (non-hydrogen) atoms. The van der Waals surface area contributed by atoms with Gasteiger partial charge in [-0.05, 0) is 6.42 Å². The molecule has 2 heteroatoms. The maximum atomic E-state index is 10.7. The van der Waals surface area contributed by atoms with E-state index in [1.165, 1.54) is 0 Å². The van der Waals surface area contributed by atoms with E-state index < -0.39 is 0 Å². The molecule has 0 radical (unpaired) electrons. The molecule has 0 aliphatic carbocycles. The first kappa shape index (κ1) is 7.32. The van der Waals surface area contributed by atoms with Crippen LogP contribution in [0.1, 0.15) is 19.8 Å². The smallest absolute Gasteiger partial charge is 0.306 e. The van der Waals surface area contributed by atoms with Gasteiger partial charge in [-0.2, -0.15) is 0 Å². The first-order valence-electron chi connectivity index (χ1n) is 3.60. The van der Waals surface area contributed by atoms with Crippen LogP contribution in [0.3, 0.4) is 0 Å². The molecule has 0 aromatic heterocycles. The lowest BCUT2D eigenvalue weighted by molar-refractivity contribution is -0.141. The average Bonchev–Trinajstić information content (AvgIpc) is 2.30. The van der Waals surface area contributed by atoms with E-state index in [-0.39, 0.29) is 18.0 Å². The molecule has 0 unspecified atom stereocenters. The van der Waals surface area contributed by atoms with Gasteiger partial charge in [0.25, 0.3) is 0 Å². The van der Waals surface area contributed by atoms with Crippen LogP contribution in [-0.4, -0.2) is 12.1 Å². The van der Waals surface area contributed by atoms with Crippen LogP contribution in [0.25, 0.3) is 0 Å². The largest absolute Gasteiger partial charge is 0.462 e. The highest BCUT2D eigenvalue weighted by molar-refractivity contribution is 5.72. The van der Waals surface area contributed by atoms with E-state index >= 15 is 0 Å². The van der Waals surface area contributed by atoms with Gasteiger partial charge in [-0.25, -0.2) is 0 Å². The molecule has 0 aromatic carbocycles. The van der Waals surface area contributed by atoms with Gasteiger partial charge in [0.15, 0.2) is 0 Å². The van der Waals surface area contributed by atoms with Crippen molar-refractivity contribution in [1.29, 1.82) is 0 Å². The minimum atomic E-state index is -0.0863. The fourth-order valence-corrected chi connectivity index (χ4v) is 1.25. The second-order valence-electron chi connectivity index (χ2n) is 2.54. The predicted molar refractivity (Wildman–Crippen MR) is 38.5 cm³/mol. The standard InChI is InChI=1S/C8H12O2/c1-3-6-5-8(9)10-7(6)4-2/h3,6-7H,1,4-5H2,2H3/t6-,7+/m1/s1. The van der Waals surface area contributed by atoms with Crippen LogP contribution in [0, 0.1) is 5.92 Å². The van der Waals surface area contributed by atoms with E-state index in [0.717, 1.165) is 6.42 Å². The van der Waals surface area contributed by atoms with Crippen LogP contribution in [0.5, 0.6) is 0 Å². The Balaban J connectivity index is 2.56. The molecule has 0 saturated carbocycles. The topological polar surface area (TPSA) is 26.3 Å². The summed E-state index contributed by atoms with van der Waals surface area (Å²) in [6.45, 7) is 5.66. The number of cyclic esters (lactones) is 1. The minimum Gasteiger partial charge on any atom is -0.462 e. The molecule has 0 bridgehead atoms. The lowest BCUT2D eigenvalue weighted by Crippen LogP contribution is -2.11. The fraction of sp³-hybridized carbons (Fsp3) is 0.625. The number of hydrogen-bond acceptors (Lipinski definition) is 2. The molecule has 1 saturated heterocycles. The van der Waals surface area contributed by atoms with Crippen LogP contribution in [-0.2, 0) is 9.53 Å².